The average molecular weight is 423 g/mol. The number of fused-ring (bicyclic) bond motifs is 1. The minimum absolute atomic E-state index is 0.0599. The molecule has 0 saturated heterocycles. The van der Waals surface area contributed by atoms with Crippen molar-refractivity contribution in [1.82, 2.24) is 9.55 Å². The maximum absolute atomic E-state index is 12.6. The Labute approximate surface area is 175 Å². The summed E-state index contributed by atoms with van der Waals surface area (Å²) >= 11 is 0. The van der Waals surface area contributed by atoms with Crippen molar-refractivity contribution in [2.75, 3.05) is 6.61 Å². The van der Waals surface area contributed by atoms with Crippen molar-refractivity contribution >= 4 is 21.2 Å². The van der Waals surface area contributed by atoms with Gasteiger partial charge in [-0.25, -0.2) is 4.98 Å². The number of nitrogens with zero attached hydrogens (tertiary/aromatic N) is 2. The van der Waals surface area contributed by atoms with Crippen LogP contribution in [0.2, 0.25) is 0 Å². The lowest BCUT2D eigenvalue weighted by atomic mass is 10.0. The zero-order valence-corrected chi connectivity index (χ0v) is 17.2. The van der Waals surface area contributed by atoms with Crippen LogP contribution in [0.5, 0.6) is 0 Å². The van der Waals surface area contributed by atoms with E-state index in [0.717, 1.165) is 16.5 Å². The molecule has 6 nitrogen and oxygen atoms in total. The largest absolute Gasteiger partial charge is 0.388 e. The first-order chi connectivity index (χ1) is 14.5. The van der Waals surface area contributed by atoms with Gasteiger partial charge in [-0.2, -0.15) is 8.42 Å². The lowest BCUT2D eigenvalue weighted by Crippen LogP contribution is -2.30. The fourth-order valence-electron chi connectivity index (χ4n) is 3.45. The van der Waals surface area contributed by atoms with Crippen LogP contribution < -0.4 is 0 Å². The lowest BCUT2D eigenvalue weighted by Gasteiger charge is -2.25. The van der Waals surface area contributed by atoms with Crippen molar-refractivity contribution in [3.63, 3.8) is 0 Å². The molecule has 0 saturated carbocycles. The minimum Gasteiger partial charge on any atom is -0.388 e. The third-order valence-electron chi connectivity index (χ3n) is 4.98. The van der Waals surface area contributed by atoms with Gasteiger partial charge in [0, 0.05) is 17.8 Å². The molecule has 0 aliphatic heterocycles. The van der Waals surface area contributed by atoms with Crippen LogP contribution >= 0.6 is 0 Å². The first kappa shape index (κ1) is 20.3. The van der Waals surface area contributed by atoms with Crippen LogP contribution in [-0.4, -0.2) is 35.8 Å². The molecule has 0 spiro atoms. The van der Waals surface area contributed by atoms with Crippen molar-refractivity contribution in [1.29, 1.82) is 0 Å². The average Bonchev–Trinajstić information content (AvgIpc) is 3.18. The Bertz CT molecular complexity index is 1240. The number of aromatic nitrogens is 2. The fraction of sp³-hybridized carbons (Fsp3) is 0.174. The summed E-state index contributed by atoms with van der Waals surface area (Å²) in [5.74, 6) is 0. The molecule has 0 bridgehead atoms. The summed E-state index contributed by atoms with van der Waals surface area (Å²) < 4.78 is 32.2. The quantitative estimate of drug-likeness (QED) is 0.459. The molecule has 2 aromatic carbocycles. The SMILES string of the molecule is Cc1ccc(S(=O)(=O)OCC(O)C(c2ccccc2)n2ccc3cccnc32)cc1. The van der Waals surface area contributed by atoms with Crippen LogP contribution in [0.1, 0.15) is 17.2 Å². The van der Waals surface area contributed by atoms with E-state index in [1.807, 2.05) is 66.2 Å². The predicted molar refractivity (Wildman–Crippen MR) is 115 cm³/mol. The second-order valence-corrected chi connectivity index (χ2v) is 8.73. The molecule has 0 fully saturated rings. The highest BCUT2D eigenvalue weighted by molar-refractivity contribution is 7.86. The van der Waals surface area contributed by atoms with Crippen LogP contribution in [0, 0.1) is 6.92 Å². The number of aryl methyl sites for hydroxylation is 1. The van der Waals surface area contributed by atoms with Crippen LogP contribution in [0.15, 0.2) is 90.1 Å². The van der Waals surface area contributed by atoms with Gasteiger partial charge in [-0.15, -0.1) is 0 Å². The molecule has 4 aromatic rings. The molecule has 0 amide bonds. The number of benzene rings is 2. The lowest BCUT2D eigenvalue weighted by molar-refractivity contribution is 0.0783. The van der Waals surface area contributed by atoms with E-state index < -0.39 is 22.3 Å². The van der Waals surface area contributed by atoms with Crippen LogP contribution in [-0.2, 0) is 14.3 Å². The molecule has 0 aliphatic rings. The van der Waals surface area contributed by atoms with Gasteiger partial charge >= 0.3 is 0 Å². The Morgan fingerprint density at radius 3 is 2.47 bits per heavy atom. The van der Waals surface area contributed by atoms with Gasteiger partial charge in [0.25, 0.3) is 10.1 Å². The summed E-state index contributed by atoms with van der Waals surface area (Å²) in [6, 6.07) is 20.9. The third kappa shape index (κ3) is 4.14. The summed E-state index contributed by atoms with van der Waals surface area (Å²) in [5, 5.41) is 11.9. The zero-order chi connectivity index (χ0) is 21.1. The van der Waals surface area contributed by atoms with Gasteiger partial charge in [0.1, 0.15) is 11.8 Å². The van der Waals surface area contributed by atoms with Gasteiger partial charge in [0.05, 0.1) is 17.5 Å². The Balaban J connectivity index is 1.64. The number of hydrogen-bond donors (Lipinski definition) is 1. The maximum Gasteiger partial charge on any atom is 0.297 e. The predicted octanol–water partition coefficient (Wildman–Crippen LogP) is 3.70. The molecule has 2 unspecified atom stereocenters. The summed E-state index contributed by atoms with van der Waals surface area (Å²) in [6.07, 6.45) is 2.41. The smallest absolute Gasteiger partial charge is 0.297 e. The summed E-state index contributed by atoms with van der Waals surface area (Å²) in [7, 11) is -3.98. The molecular weight excluding hydrogens is 400 g/mol. The first-order valence-corrected chi connectivity index (χ1v) is 11.0. The molecule has 4 rings (SSSR count). The van der Waals surface area contributed by atoms with Crippen molar-refractivity contribution in [2.45, 2.75) is 24.0 Å². The van der Waals surface area contributed by atoms with Crippen molar-refractivity contribution in [3.8, 4) is 0 Å². The maximum atomic E-state index is 12.6. The molecule has 1 N–H and O–H groups in total. The second-order valence-electron chi connectivity index (χ2n) is 7.11. The molecule has 2 aromatic heterocycles. The Kier molecular flexibility index (Phi) is 5.67. The molecule has 2 atom stereocenters. The number of rotatable bonds is 7. The molecule has 2 heterocycles. The summed E-state index contributed by atoms with van der Waals surface area (Å²) in [6.45, 7) is 1.49. The Hall–Kier alpha value is -3.00. The van der Waals surface area contributed by atoms with E-state index in [1.165, 1.54) is 12.1 Å². The normalized spacial score (nSPS) is 13.9. The van der Waals surface area contributed by atoms with Crippen molar-refractivity contribution < 1.29 is 17.7 Å². The number of aliphatic hydroxyl groups is 1. The molecule has 0 aliphatic carbocycles. The fourth-order valence-corrected chi connectivity index (χ4v) is 4.38. The van der Waals surface area contributed by atoms with Crippen LogP contribution in [0.4, 0.5) is 0 Å². The van der Waals surface area contributed by atoms with Crippen molar-refractivity contribution in [3.05, 3.63) is 96.3 Å². The molecule has 30 heavy (non-hydrogen) atoms. The minimum atomic E-state index is -3.98. The zero-order valence-electron chi connectivity index (χ0n) is 16.4. The molecule has 7 heteroatoms. The van der Waals surface area contributed by atoms with E-state index in [1.54, 1.807) is 18.3 Å². The highest BCUT2D eigenvalue weighted by Gasteiger charge is 2.27. The number of hydrogen-bond acceptors (Lipinski definition) is 5. The number of pyridine rings is 1. The van der Waals surface area contributed by atoms with Gasteiger partial charge in [0.2, 0.25) is 0 Å². The van der Waals surface area contributed by atoms with Crippen molar-refractivity contribution in [2.24, 2.45) is 0 Å². The van der Waals surface area contributed by atoms with E-state index in [2.05, 4.69) is 4.98 Å². The van der Waals surface area contributed by atoms with E-state index >= 15 is 0 Å². The number of aliphatic hydroxyl groups excluding tert-OH is 1. The van der Waals surface area contributed by atoms with E-state index in [-0.39, 0.29) is 11.5 Å². The Morgan fingerprint density at radius 1 is 1.00 bits per heavy atom. The van der Waals surface area contributed by atoms with Gasteiger partial charge < -0.3 is 9.67 Å². The van der Waals surface area contributed by atoms with Crippen LogP contribution in [0.25, 0.3) is 11.0 Å². The summed E-state index contributed by atoms with van der Waals surface area (Å²) in [5.41, 5.74) is 2.47. The highest BCUT2D eigenvalue weighted by atomic mass is 32.2. The Morgan fingerprint density at radius 2 is 1.73 bits per heavy atom. The monoisotopic (exact) mass is 422 g/mol. The van der Waals surface area contributed by atoms with E-state index in [4.69, 9.17) is 4.18 Å². The van der Waals surface area contributed by atoms with Crippen LogP contribution in [0.3, 0.4) is 0 Å². The van der Waals surface area contributed by atoms with Gasteiger partial charge in [0.15, 0.2) is 0 Å². The topological polar surface area (TPSA) is 81.4 Å². The molecule has 154 valence electrons. The molecule has 0 radical (unpaired) electrons. The molecular formula is C23H22N2O4S. The van der Waals surface area contributed by atoms with Gasteiger partial charge in [-0.1, -0.05) is 48.0 Å². The van der Waals surface area contributed by atoms with Gasteiger partial charge in [-0.3, -0.25) is 4.18 Å². The standard InChI is InChI=1S/C23H22N2O4S/c1-17-9-11-20(12-10-17)30(27,28)29-16-21(26)22(18-6-3-2-4-7-18)25-15-13-19-8-5-14-24-23(19)25/h2-15,21-22,26H,16H2,1H3. The van der Waals surface area contributed by atoms with E-state index in [0.29, 0.717) is 5.65 Å². The third-order valence-corrected chi connectivity index (χ3v) is 6.28. The second kappa shape index (κ2) is 8.39. The van der Waals surface area contributed by atoms with E-state index in [9.17, 15) is 13.5 Å². The first-order valence-electron chi connectivity index (χ1n) is 9.56. The summed E-state index contributed by atoms with van der Waals surface area (Å²) in [4.78, 5) is 4.49. The van der Waals surface area contributed by atoms with Gasteiger partial charge in [-0.05, 0) is 42.8 Å². The highest BCUT2D eigenvalue weighted by Crippen LogP contribution is 2.28.